The highest BCUT2D eigenvalue weighted by atomic mass is 127. The summed E-state index contributed by atoms with van der Waals surface area (Å²) < 4.78 is 0.537. The molecule has 58 valence electrons. The van der Waals surface area contributed by atoms with Gasteiger partial charge in [-0.3, -0.25) is 0 Å². The van der Waals surface area contributed by atoms with Crippen LogP contribution in [0.2, 0.25) is 0 Å². The highest BCUT2D eigenvalue weighted by Gasteiger charge is 2.10. The molecule has 0 aliphatic rings. The first kappa shape index (κ1) is 8.45. The van der Waals surface area contributed by atoms with E-state index in [0.29, 0.717) is 9.26 Å². The summed E-state index contributed by atoms with van der Waals surface area (Å²) in [5.41, 5.74) is 1.05. The van der Waals surface area contributed by atoms with Crippen molar-refractivity contribution in [2.24, 2.45) is 0 Å². The highest BCUT2D eigenvalue weighted by Crippen LogP contribution is 2.12. The van der Waals surface area contributed by atoms with Crippen LogP contribution in [0.25, 0.3) is 0 Å². The Morgan fingerprint density at radius 1 is 1.73 bits per heavy atom. The van der Waals surface area contributed by atoms with Crippen molar-refractivity contribution in [3.8, 4) is 0 Å². The molecule has 1 aromatic rings. The lowest BCUT2D eigenvalue weighted by molar-refractivity contribution is 0.0694. The van der Waals surface area contributed by atoms with Gasteiger partial charge in [-0.1, -0.05) is 0 Å². The van der Waals surface area contributed by atoms with Crippen LogP contribution in [-0.2, 0) is 0 Å². The second-order valence-electron chi connectivity index (χ2n) is 2.10. The average Bonchev–Trinajstić information content (AvgIpc) is 1.85. The smallest absolute Gasteiger partial charge is 0.338 e. The highest BCUT2D eigenvalue weighted by molar-refractivity contribution is 14.1. The van der Waals surface area contributed by atoms with Gasteiger partial charge in [-0.05, 0) is 41.1 Å². The SMILES string of the molecule is Cc1ccnc(I)c1C(=O)O. The van der Waals surface area contributed by atoms with Crippen molar-refractivity contribution in [2.45, 2.75) is 6.92 Å². The molecule has 3 nitrogen and oxygen atoms in total. The molecule has 1 heterocycles. The van der Waals surface area contributed by atoms with Crippen molar-refractivity contribution < 1.29 is 9.90 Å². The fourth-order valence-corrected chi connectivity index (χ4v) is 1.60. The molecule has 0 spiro atoms. The monoisotopic (exact) mass is 263 g/mol. The number of carbonyl (C=O) groups is 1. The molecule has 11 heavy (non-hydrogen) atoms. The fraction of sp³-hybridized carbons (Fsp3) is 0.143. The quantitative estimate of drug-likeness (QED) is 0.619. The zero-order valence-corrected chi connectivity index (χ0v) is 7.99. The van der Waals surface area contributed by atoms with Gasteiger partial charge < -0.3 is 5.11 Å². The van der Waals surface area contributed by atoms with Crippen LogP contribution in [0, 0.1) is 10.6 Å². The number of halogens is 1. The van der Waals surface area contributed by atoms with E-state index in [1.165, 1.54) is 0 Å². The van der Waals surface area contributed by atoms with Crippen molar-refractivity contribution in [1.82, 2.24) is 4.98 Å². The van der Waals surface area contributed by atoms with E-state index in [9.17, 15) is 4.79 Å². The van der Waals surface area contributed by atoms with Crippen LogP contribution in [0.4, 0.5) is 0 Å². The normalized spacial score (nSPS) is 9.64. The molecular formula is C7H6INO2. The molecule has 0 bridgehead atoms. The minimum Gasteiger partial charge on any atom is -0.478 e. The van der Waals surface area contributed by atoms with E-state index >= 15 is 0 Å². The predicted molar refractivity (Wildman–Crippen MR) is 48.7 cm³/mol. The van der Waals surface area contributed by atoms with Gasteiger partial charge in [-0.25, -0.2) is 9.78 Å². The summed E-state index contributed by atoms with van der Waals surface area (Å²) in [6.07, 6.45) is 1.60. The maximum Gasteiger partial charge on any atom is 0.338 e. The first-order valence-electron chi connectivity index (χ1n) is 2.97. The van der Waals surface area contributed by atoms with Gasteiger partial charge in [0.2, 0.25) is 0 Å². The first-order chi connectivity index (χ1) is 5.13. The Hall–Kier alpha value is -0.650. The first-order valence-corrected chi connectivity index (χ1v) is 4.05. The third-order valence-corrected chi connectivity index (χ3v) is 2.14. The van der Waals surface area contributed by atoms with Gasteiger partial charge in [0.05, 0.1) is 5.56 Å². The lowest BCUT2D eigenvalue weighted by Crippen LogP contribution is -2.03. The van der Waals surface area contributed by atoms with Gasteiger partial charge in [0.15, 0.2) is 0 Å². The van der Waals surface area contributed by atoms with Crippen LogP contribution < -0.4 is 0 Å². The Balaban J connectivity index is 3.32. The Kier molecular flexibility index (Phi) is 2.43. The molecule has 0 radical (unpaired) electrons. The van der Waals surface area contributed by atoms with Gasteiger partial charge in [0.25, 0.3) is 0 Å². The lowest BCUT2D eigenvalue weighted by Gasteiger charge is -2.00. The standard InChI is InChI=1S/C7H6INO2/c1-4-2-3-9-6(8)5(4)7(10)11/h2-3H,1H3,(H,10,11). The maximum absolute atomic E-state index is 10.6. The summed E-state index contributed by atoms with van der Waals surface area (Å²) in [6, 6.07) is 1.69. The molecule has 1 N–H and O–H groups in total. The Morgan fingerprint density at radius 3 is 2.73 bits per heavy atom. The average molecular weight is 263 g/mol. The van der Waals surface area contributed by atoms with Gasteiger partial charge in [-0.15, -0.1) is 0 Å². The fourth-order valence-electron chi connectivity index (χ4n) is 0.782. The number of aromatic nitrogens is 1. The molecule has 0 fully saturated rings. The van der Waals surface area contributed by atoms with E-state index in [1.807, 2.05) is 22.6 Å². The zero-order valence-electron chi connectivity index (χ0n) is 5.84. The topological polar surface area (TPSA) is 50.2 Å². The number of carboxylic acid groups (broad SMARTS) is 1. The minimum absolute atomic E-state index is 0.299. The van der Waals surface area contributed by atoms with Crippen molar-refractivity contribution in [2.75, 3.05) is 0 Å². The van der Waals surface area contributed by atoms with E-state index in [0.717, 1.165) is 5.56 Å². The van der Waals surface area contributed by atoms with E-state index in [2.05, 4.69) is 4.98 Å². The number of hydrogen-bond donors (Lipinski definition) is 1. The largest absolute Gasteiger partial charge is 0.478 e. The number of carboxylic acids is 1. The molecule has 1 rings (SSSR count). The Morgan fingerprint density at radius 2 is 2.36 bits per heavy atom. The van der Waals surface area contributed by atoms with Crippen molar-refractivity contribution in [3.05, 3.63) is 27.1 Å². The molecule has 0 saturated heterocycles. The van der Waals surface area contributed by atoms with Crippen molar-refractivity contribution in [3.63, 3.8) is 0 Å². The van der Waals surface area contributed by atoms with Gasteiger partial charge >= 0.3 is 5.97 Å². The number of nitrogens with zero attached hydrogens (tertiary/aromatic N) is 1. The Bertz CT molecular complexity index is 278. The molecule has 0 aromatic carbocycles. The molecule has 0 amide bonds. The Labute approximate surface area is 77.6 Å². The molecule has 0 unspecified atom stereocenters. The van der Waals surface area contributed by atoms with Crippen LogP contribution in [0.3, 0.4) is 0 Å². The molecular weight excluding hydrogens is 257 g/mol. The maximum atomic E-state index is 10.6. The van der Waals surface area contributed by atoms with Crippen molar-refractivity contribution in [1.29, 1.82) is 0 Å². The van der Waals surface area contributed by atoms with Crippen LogP contribution in [0.1, 0.15) is 15.9 Å². The van der Waals surface area contributed by atoms with Gasteiger partial charge in [-0.2, -0.15) is 0 Å². The number of rotatable bonds is 1. The van der Waals surface area contributed by atoms with E-state index < -0.39 is 5.97 Å². The third-order valence-electron chi connectivity index (χ3n) is 1.33. The summed E-state index contributed by atoms with van der Waals surface area (Å²) in [7, 11) is 0. The second-order valence-corrected chi connectivity index (χ2v) is 3.12. The third kappa shape index (κ3) is 1.68. The zero-order chi connectivity index (χ0) is 8.43. The summed E-state index contributed by atoms with van der Waals surface area (Å²) in [5.74, 6) is -0.917. The number of hydrogen-bond acceptors (Lipinski definition) is 2. The number of aryl methyl sites for hydroxylation is 1. The van der Waals surface area contributed by atoms with Crippen LogP contribution in [0.5, 0.6) is 0 Å². The molecule has 0 saturated carbocycles. The molecule has 4 heteroatoms. The lowest BCUT2D eigenvalue weighted by atomic mass is 10.2. The van der Waals surface area contributed by atoms with E-state index in [1.54, 1.807) is 19.2 Å². The second kappa shape index (κ2) is 3.17. The number of aromatic carboxylic acids is 1. The number of pyridine rings is 1. The summed E-state index contributed by atoms with van der Waals surface area (Å²) in [4.78, 5) is 14.5. The van der Waals surface area contributed by atoms with Gasteiger partial charge in [0, 0.05) is 6.20 Å². The molecule has 1 aromatic heterocycles. The summed E-state index contributed by atoms with van der Waals surface area (Å²) in [6.45, 7) is 1.76. The van der Waals surface area contributed by atoms with E-state index in [-0.39, 0.29) is 0 Å². The van der Waals surface area contributed by atoms with Crippen LogP contribution in [-0.4, -0.2) is 16.1 Å². The molecule has 0 aliphatic carbocycles. The predicted octanol–water partition coefficient (Wildman–Crippen LogP) is 1.69. The van der Waals surface area contributed by atoms with Crippen LogP contribution >= 0.6 is 22.6 Å². The summed E-state index contributed by atoms with van der Waals surface area (Å²) >= 11 is 1.91. The van der Waals surface area contributed by atoms with E-state index in [4.69, 9.17) is 5.11 Å². The minimum atomic E-state index is -0.917. The molecule has 0 atom stereocenters. The molecule has 0 aliphatic heterocycles. The van der Waals surface area contributed by atoms with Crippen LogP contribution in [0.15, 0.2) is 12.3 Å². The summed E-state index contributed by atoms with van der Waals surface area (Å²) in [5, 5.41) is 8.70. The van der Waals surface area contributed by atoms with Crippen molar-refractivity contribution >= 4 is 28.6 Å². The van der Waals surface area contributed by atoms with Gasteiger partial charge in [0.1, 0.15) is 3.70 Å².